The van der Waals surface area contributed by atoms with Gasteiger partial charge in [-0.05, 0) is 39.5 Å². The first-order valence-corrected chi connectivity index (χ1v) is 19.9. The number of nitrogens with one attached hydrogen (secondary N) is 1. The van der Waals surface area contributed by atoms with Crippen LogP contribution >= 0.6 is 0 Å². The number of hydrogen-bond donors (Lipinski definition) is 2. The summed E-state index contributed by atoms with van der Waals surface area (Å²) in [5.74, 6) is -0.694. The molecular weight excluding hydrogens is 769 g/mol. The number of carbonyl (C=O) groups excluding carboxylic acids is 1. The van der Waals surface area contributed by atoms with E-state index >= 15 is 0 Å². The number of ether oxygens (including phenoxy) is 4. The quantitative estimate of drug-likeness (QED) is 0.0663. The molecule has 0 bridgehead atoms. The second kappa shape index (κ2) is 18.1. The number of aliphatic hydroxyl groups excluding tert-OH is 1. The molecule has 0 aliphatic carbocycles. The Bertz CT molecular complexity index is 2480. The number of esters is 1. The summed E-state index contributed by atoms with van der Waals surface area (Å²) in [6.45, 7) is -0.168. The third-order valence-electron chi connectivity index (χ3n) is 11.0. The number of aromatic nitrogens is 2. The average Bonchev–Trinajstić information content (AvgIpc) is 3.63. The summed E-state index contributed by atoms with van der Waals surface area (Å²) in [5, 5.41) is 12.7. The Labute approximate surface area is 352 Å². The van der Waals surface area contributed by atoms with Crippen molar-refractivity contribution in [2.24, 2.45) is 0 Å². The molecule has 2 N–H and O–H groups in total. The van der Waals surface area contributed by atoms with E-state index in [2.05, 4.69) is 4.98 Å². The molecule has 1 fully saturated rings. The van der Waals surface area contributed by atoms with Gasteiger partial charge in [0.15, 0.2) is 6.23 Å². The van der Waals surface area contributed by atoms with Crippen LogP contribution in [0.3, 0.4) is 0 Å². The van der Waals surface area contributed by atoms with E-state index in [-0.39, 0.29) is 12.2 Å². The number of rotatable bonds is 14. The Morgan fingerprint density at radius 3 is 1.44 bits per heavy atom. The van der Waals surface area contributed by atoms with Gasteiger partial charge < -0.3 is 24.1 Å². The first kappa shape index (κ1) is 40.8. The fraction of sp³-hybridized carbons (Fsp3) is 0.157. The predicted octanol–water partition coefficient (Wildman–Crippen LogP) is 7.37. The van der Waals surface area contributed by atoms with Crippen LogP contribution in [0.2, 0.25) is 0 Å². The van der Waals surface area contributed by atoms with Crippen molar-refractivity contribution in [3.8, 4) is 0 Å². The van der Waals surface area contributed by atoms with Gasteiger partial charge in [-0.25, -0.2) is 9.59 Å². The molecule has 4 atom stereocenters. The Morgan fingerprint density at radius 2 is 1.05 bits per heavy atom. The number of H-pyrrole nitrogens is 1. The van der Waals surface area contributed by atoms with Crippen molar-refractivity contribution in [1.29, 1.82) is 0 Å². The van der Waals surface area contributed by atoms with E-state index in [1.54, 1.807) is 0 Å². The topological polar surface area (TPSA) is 129 Å². The SMILES string of the molecule is COC(=O)C=Cc1cn([C@@H]2O[C@H](COC(c3ccccc3)(c3ccccc3)c3ccccc3)[C@@H](O)[C@H]2OC(c2ccccc2)(c2ccccc2)c2ccccc2)c(=O)[nH]c1=O. The van der Waals surface area contributed by atoms with Gasteiger partial charge in [0.1, 0.15) is 29.5 Å². The van der Waals surface area contributed by atoms with E-state index in [1.165, 1.54) is 23.9 Å². The van der Waals surface area contributed by atoms with Crippen LogP contribution in [0.4, 0.5) is 0 Å². The van der Waals surface area contributed by atoms with Crippen LogP contribution in [0.1, 0.15) is 45.2 Å². The number of carbonyl (C=O) groups is 1. The molecule has 1 aliphatic rings. The van der Waals surface area contributed by atoms with Gasteiger partial charge in [-0.3, -0.25) is 14.3 Å². The summed E-state index contributed by atoms with van der Waals surface area (Å²) in [6.07, 6.45) is -1.47. The van der Waals surface area contributed by atoms with Crippen molar-refractivity contribution in [3.05, 3.63) is 254 Å². The molecule has 306 valence electrons. The maximum Gasteiger partial charge on any atom is 0.330 e. The summed E-state index contributed by atoms with van der Waals surface area (Å²) in [5.41, 5.74) is 0.709. The van der Waals surface area contributed by atoms with E-state index in [1.807, 2.05) is 182 Å². The molecule has 8 rings (SSSR count). The lowest BCUT2D eigenvalue weighted by Gasteiger charge is -2.40. The predicted molar refractivity (Wildman–Crippen MR) is 232 cm³/mol. The van der Waals surface area contributed by atoms with Crippen LogP contribution in [-0.4, -0.2) is 52.7 Å². The highest BCUT2D eigenvalue weighted by molar-refractivity contribution is 5.86. The molecule has 2 heterocycles. The number of aliphatic hydroxyl groups is 1. The van der Waals surface area contributed by atoms with Crippen LogP contribution < -0.4 is 11.2 Å². The van der Waals surface area contributed by atoms with E-state index in [4.69, 9.17) is 18.9 Å². The zero-order valence-electron chi connectivity index (χ0n) is 33.3. The van der Waals surface area contributed by atoms with Crippen LogP contribution in [0.5, 0.6) is 0 Å². The molecule has 10 nitrogen and oxygen atoms in total. The minimum absolute atomic E-state index is 0.0294. The third kappa shape index (κ3) is 8.05. The lowest BCUT2D eigenvalue weighted by molar-refractivity contribution is -0.134. The third-order valence-corrected chi connectivity index (χ3v) is 11.0. The first-order chi connectivity index (χ1) is 29.8. The molecule has 0 saturated carbocycles. The number of nitrogens with zero attached hydrogens (tertiary/aromatic N) is 1. The van der Waals surface area contributed by atoms with Gasteiger partial charge in [0.25, 0.3) is 5.56 Å². The van der Waals surface area contributed by atoms with Gasteiger partial charge in [-0.2, -0.15) is 0 Å². The summed E-state index contributed by atoms with van der Waals surface area (Å²) in [7, 11) is 1.22. The molecule has 7 aromatic rings. The Morgan fingerprint density at radius 1 is 0.656 bits per heavy atom. The average molecular weight is 813 g/mol. The highest BCUT2D eigenvalue weighted by Gasteiger charge is 2.52. The van der Waals surface area contributed by atoms with E-state index in [9.17, 15) is 19.5 Å². The van der Waals surface area contributed by atoms with Crippen molar-refractivity contribution < 1.29 is 28.8 Å². The number of hydrogen-bond acceptors (Lipinski definition) is 8. The molecule has 10 heteroatoms. The molecule has 0 unspecified atom stereocenters. The molecule has 1 saturated heterocycles. The van der Waals surface area contributed by atoms with Crippen LogP contribution in [0.25, 0.3) is 6.08 Å². The minimum Gasteiger partial charge on any atom is -0.466 e. The largest absolute Gasteiger partial charge is 0.466 e. The standard InChI is InChI=1S/C51H44N2O8/c1-58-44(54)33-32-36-34-53(49(57)52-47(36)56)48-46(61-51(40-26-14-5-15-27-40,41-28-16-6-17-29-41)42-30-18-7-19-31-42)45(55)43(60-48)35-59-50(37-20-8-2-9-21-37,38-22-10-3-11-23-38)39-24-12-4-13-25-39/h2-34,43,45-46,48,55H,35H2,1H3,(H,52,56,57)/t43-,45-,46-,48-/m1/s1. The van der Waals surface area contributed by atoms with Crippen molar-refractivity contribution in [3.63, 3.8) is 0 Å². The summed E-state index contributed by atoms with van der Waals surface area (Å²) >= 11 is 0. The number of benzene rings is 6. The summed E-state index contributed by atoms with van der Waals surface area (Å²) in [6, 6.07) is 58.4. The second-order valence-electron chi connectivity index (χ2n) is 14.6. The molecule has 0 spiro atoms. The van der Waals surface area contributed by atoms with Gasteiger partial charge in [-0.1, -0.05) is 182 Å². The Balaban J connectivity index is 1.29. The lowest BCUT2D eigenvalue weighted by Crippen LogP contribution is -2.46. The van der Waals surface area contributed by atoms with Gasteiger partial charge >= 0.3 is 11.7 Å². The van der Waals surface area contributed by atoms with Gasteiger partial charge in [0.05, 0.1) is 19.3 Å². The summed E-state index contributed by atoms with van der Waals surface area (Å²) < 4.78 is 27.3. The molecule has 1 aliphatic heterocycles. The molecule has 0 radical (unpaired) electrons. The van der Waals surface area contributed by atoms with E-state index in [0.29, 0.717) is 0 Å². The van der Waals surface area contributed by atoms with Gasteiger partial charge in [-0.15, -0.1) is 0 Å². The lowest BCUT2D eigenvalue weighted by atomic mass is 9.79. The van der Waals surface area contributed by atoms with Crippen LogP contribution in [-0.2, 0) is 34.9 Å². The van der Waals surface area contributed by atoms with Gasteiger partial charge in [0.2, 0.25) is 0 Å². The van der Waals surface area contributed by atoms with Crippen molar-refractivity contribution in [1.82, 2.24) is 9.55 Å². The zero-order chi connectivity index (χ0) is 42.2. The monoisotopic (exact) mass is 812 g/mol. The highest BCUT2D eigenvalue weighted by atomic mass is 16.6. The molecule has 6 aromatic carbocycles. The fourth-order valence-electron chi connectivity index (χ4n) is 8.14. The molecule has 1 aromatic heterocycles. The van der Waals surface area contributed by atoms with E-state index in [0.717, 1.165) is 39.5 Å². The fourth-order valence-corrected chi connectivity index (χ4v) is 8.14. The van der Waals surface area contributed by atoms with E-state index < -0.39 is 53.0 Å². The Hall–Kier alpha value is -6.95. The van der Waals surface area contributed by atoms with Crippen molar-refractivity contribution in [2.45, 2.75) is 35.7 Å². The second-order valence-corrected chi connectivity index (χ2v) is 14.6. The highest BCUT2D eigenvalue weighted by Crippen LogP contribution is 2.46. The molecular formula is C51H44N2O8. The molecule has 0 amide bonds. The number of aromatic amines is 1. The maximum atomic E-state index is 13.9. The summed E-state index contributed by atoms with van der Waals surface area (Å²) in [4.78, 5) is 41.5. The molecule has 61 heavy (non-hydrogen) atoms. The van der Waals surface area contributed by atoms with Crippen LogP contribution in [0.15, 0.2) is 204 Å². The van der Waals surface area contributed by atoms with Crippen LogP contribution in [0, 0.1) is 0 Å². The smallest absolute Gasteiger partial charge is 0.330 e. The number of methoxy groups -OCH3 is 1. The Kier molecular flexibility index (Phi) is 12.1. The zero-order valence-corrected chi connectivity index (χ0v) is 33.3. The van der Waals surface area contributed by atoms with Crippen molar-refractivity contribution >= 4 is 12.0 Å². The van der Waals surface area contributed by atoms with Crippen molar-refractivity contribution in [2.75, 3.05) is 13.7 Å². The first-order valence-electron chi connectivity index (χ1n) is 19.9. The van der Waals surface area contributed by atoms with Gasteiger partial charge in [0, 0.05) is 12.3 Å². The maximum absolute atomic E-state index is 13.9. The minimum atomic E-state index is -1.41. The normalized spacial score (nSPS) is 17.9.